The van der Waals surface area contributed by atoms with Crippen molar-refractivity contribution < 1.29 is 8.42 Å². The maximum atomic E-state index is 12.0. The van der Waals surface area contributed by atoms with E-state index >= 15 is 0 Å². The van der Waals surface area contributed by atoms with E-state index in [1.165, 1.54) is 6.26 Å². The van der Waals surface area contributed by atoms with Crippen LogP contribution in [0.4, 0.5) is 5.69 Å². The van der Waals surface area contributed by atoms with Crippen LogP contribution in [0, 0.1) is 0 Å². The fourth-order valence-corrected chi connectivity index (χ4v) is 5.43. The molecule has 0 aromatic heterocycles. The average molecular weight is 335 g/mol. The molecule has 112 valence electrons. The molecule has 0 saturated carbocycles. The third-order valence-electron chi connectivity index (χ3n) is 3.34. The van der Waals surface area contributed by atoms with Crippen molar-refractivity contribution in [1.29, 1.82) is 0 Å². The van der Waals surface area contributed by atoms with Gasteiger partial charge in [0, 0.05) is 35.0 Å². The van der Waals surface area contributed by atoms with Gasteiger partial charge in [-0.1, -0.05) is 11.6 Å². The minimum Gasteiger partial charge on any atom is -0.353 e. The van der Waals surface area contributed by atoms with Gasteiger partial charge in [-0.05, 0) is 36.7 Å². The van der Waals surface area contributed by atoms with Gasteiger partial charge in [0.1, 0.15) is 5.37 Å². The molecule has 2 rings (SSSR count). The number of thioether (sulfide) groups is 1. The van der Waals surface area contributed by atoms with E-state index in [2.05, 4.69) is 0 Å². The van der Waals surface area contributed by atoms with Crippen LogP contribution in [-0.2, 0) is 16.3 Å². The Morgan fingerprint density at radius 1 is 1.50 bits per heavy atom. The van der Waals surface area contributed by atoms with Gasteiger partial charge >= 0.3 is 0 Å². The third-order valence-corrected chi connectivity index (χ3v) is 6.22. The van der Waals surface area contributed by atoms with Crippen LogP contribution in [0.2, 0.25) is 5.02 Å². The van der Waals surface area contributed by atoms with Gasteiger partial charge < -0.3 is 10.6 Å². The predicted molar refractivity (Wildman–Crippen MR) is 87.5 cm³/mol. The molecule has 1 aliphatic heterocycles. The Morgan fingerprint density at radius 3 is 2.90 bits per heavy atom. The number of rotatable bonds is 4. The van der Waals surface area contributed by atoms with Crippen molar-refractivity contribution >= 4 is 38.9 Å². The Labute approximate surface area is 129 Å². The number of sulfone groups is 1. The third kappa shape index (κ3) is 3.61. The number of hydrogen-bond donors (Lipinski definition) is 1. The van der Waals surface area contributed by atoms with E-state index in [9.17, 15) is 8.42 Å². The zero-order valence-corrected chi connectivity index (χ0v) is 13.8. The maximum absolute atomic E-state index is 12.0. The second-order valence-corrected chi connectivity index (χ2v) is 8.65. The molecular weight excluding hydrogens is 316 g/mol. The van der Waals surface area contributed by atoms with Gasteiger partial charge in [0.15, 0.2) is 9.84 Å². The van der Waals surface area contributed by atoms with Crippen molar-refractivity contribution in [2.24, 2.45) is 5.73 Å². The Balaban J connectivity index is 2.42. The normalized spacial score (nSPS) is 20.1. The van der Waals surface area contributed by atoms with E-state index < -0.39 is 15.2 Å². The number of benzene rings is 1. The molecule has 0 aliphatic carbocycles. The number of nitrogens with two attached hydrogens (primary N) is 1. The molecule has 1 aliphatic rings. The molecule has 4 nitrogen and oxygen atoms in total. The Morgan fingerprint density at radius 2 is 2.25 bits per heavy atom. The number of halogens is 1. The monoisotopic (exact) mass is 334 g/mol. The second kappa shape index (κ2) is 6.56. The molecule has 1 heterocycles. The smallest absolute Gasteiger partial charge is 0.169 e. The lowest BCUT2D eigenvalue weighted by Crippen LogP contribution is -2.47. The quantitative estimate of drug-likeness (QED) is 0.909. The van der Waals surface area contributed by atoms with Crippen LogP contribution in [0.1, 0.15) is 5.56 Å². The van der Waals surface area contributed by atoms with Gasteiger partial charge in [-0.25, -0.2) is 8.42 Å². The van der Waals surface area contributed by atoms with Crippen molar-refractivity contribution in [3.05, 3.63) is 28.8 Å². The van der Waals surface area contributed by atoms with Crippen molar-refractivity contribution in [3.8, 4) is 0 Å². The molecule has 0 amide bonds. The molecule has 0 spiro atoms. The van der Waals surface area contributed by atoms with E-state index in [0.29, 0.717) is 23.7 Å². The highest BCUT2D eigenvalue weighted by Gasteiger charge is 2.32. The molecule has 0 bridgehead atoms. The van der Waals surface area contributed by atoms with Gasteiger partial charge in [0.05, 0.1) is 0 Å². The van der Waals surface area contributed by atoms with E-state index in [-0.39, 0.29) is 0 Å². The van der Waals surface area contributed by atoms with Gasteiger partial charge in [-0.15, -0.1) is 0 Å². The molecule has 20 heavy (non-hydrogen) atoms. The Kier molecular flexibility index (Phi) is 5.23. The second-order valence-electron chi connectivity index (χ2n) is 4.86. The fraction of sp³-hybridized carbons (Fsp3) is 0.538. The highest BCUT2D eigenvalue weighted by atomic mass is 35.5. The number of anilines is 1. The van der Waals surface area contributed by atoms with Crippen LogP contribution in [0.3, 0.4) is 0 Å². The molecule has 7 heteroatoms. The molecular formula is C13H19ClN2O2S2. The zero-order chi connectivity index (χ0) is 14.8. The summed E-state index contributed by atoms with van der Waals surface area (Å²) in [6.45, 7) is 1.24. The van der Waals surface area contributed by atoms with Crippen LogP contribution in [0.25, 0.3) is 0 Å². The first-order chi connectivity index (χ1) is 9.43. The lowest BCUT2D eigenvalue weighted by molar-refractivity contribution is 0.584. The fourth-order valence-electron chi connectivity index (χ4n) is 2.40. The average Bonchev–Trinajstić information content (AvgIpc) is 2.38. The van der Waals surface area contributed by atoms with Crippen LogP contribution in [0.15, 0.2) is 18.2 Å². The van der Waals surface area contributed by atoms with Gasteiger partial charge in [0.25, 0.3) is 0 Å². The minimum atomic E-state index is -3.12. The van der Waals surface area contributed by atoms with E-state index in [0.717, 1.165) is 23.5 Å². The highest BCUT2D eigenvalue weighted by Crippen LogP contribution is 2.31. The van der Waals surface area contributed by atoms with Crippen LogP contribution >= 0.6 is 23.4 Å². The zero-order valence-electron chi connectivity index (χ0n) is 11.4. The lowest BCUT2D eigenvalue weighted by atomic mass is 10.1. The Bertz CT molecular complexity index is 578. The highest BCUT2D eigenvalue weighted by molar-refractivity contribution is 8.01. The van der Waals surface area contributed by atoms with E-state index in [4.69, 9.17) is 17.3 Å². The summed E-state index contributed by atoms with van der Waals surface area (Å²) in [6.07, 6.45) is 1.99. The number of nitrogens with zero attached hydrogens (tertiary/aromatic N) is 1. The standard InChI is InChI=1S/C13H19ClN2O2S2/c1-20(17,18)13-9-19-7-6-16(13)12-3-2-11(14)8-10(12)4-5-15/h2-3,8,13H,4-7,9,15H2,1H3. The van der Waals surface area contributed by atoms with E-state index in [1.54, 1.807) is 17.8 Å². The van der Waals surface area contributed by atoms with Crippen LogP contribution in [0.5, 0.6) is 0 Å². The SMILES string of the molecule is CS(=O)(=O)C1CSCCN1c1ccc(Cl)cc1CCN. The predicted octanol–water partition coefficient (Wildman–Crippen LogP) is 1.77. The first-order valence-corrected chi connectivity index (χ1v) is 9.94. The van der Waals surface area contributed by atoms with Gasteiger partial charge in [-0.3, -0.25) is 0 Å². The largest absolute Gasteiger partial charge is 0.353 e. The van der Waals surface area contributed by atoms with Crippen molar-refractivity contribution in [2.75, 3.05) is 35.8 Å². The summed E-state index contributed by atoms with van der Waals surface area (Å²) in [5.41, 5.74) is 7.60. The summed E-state index contributed by atoms with van der Waals surface area (Å²) in [4.78, 5) is 1.98. The summed E-state index contributed by atoms with van der Waals surface area (Å²) >= 11 is 7.72. The summed E-state index contributed by atoms with van der Waals surface area (Å²) in [5.74, 6) is 1.53. The molecule has 1 aromatic carbocycles. The van der Waals surface area contributed by atoms with Gasteiger partial charge in [-0.2, -0.15) is 11.8 Å². The molecule has 0 radical (unpaired) electrons. The van der Waals surface area contributed by atoms with Gasteiger partial charge in [0.2, 0.25) is 0 Å². The minimum absolute atomic E-state index is 0.473. The van der Waals surface area contributed by atoms with E-state index in [1.807, 2.05) is 17.0 Å². The molecule has 1 saturated heterocycles. The van der Waals surface area contributed by atoms with Crippen molar-refractivity contribution in [1.82, 2.24) is 0 Å². The summed E-state index contributed by atoms with van der Waals surface area (Å²) in [7, 11) is -3.12. The molecule has 2 N–H and O–H groups in total. The topological polar surface area (TPSA) is 63.4 Å². The van der Waals surface area contributed by atoms with Crippen molar-refractivity contribution in [2.45, 2.75) is 11.8 Å². The molecule has 1 aromatic rings. The summed E-state index contributed by atoms with van der Waals surface area (Å²) in [5, 5.41) is 0.179. The molecule has 1 fully saturated rings. The first-order valence-electron chi connectivity index (χ1n) is 6.45. The molecule has 1 atom stereocenters. The van der Waals surface area contributed by atoms with Crippen LogP contribution in [-0.4, -0.2) is 44.6 Å². The van der Waals surface area contributed by atoms with Crippen molar-refractivity contribution in [3.63, 3.8) is 0 Å². The Hall–Kier alpha value is -0.430. The molecule has 1 unspecified atom stereocenters. The maximum Gasteiger partial charge on any atom is 0.169 e. The summed E-state index contributed by atoms with van der Waals surface area (Å²) < 4.78 is 24.0. The number of hydrogen-bond acceptors (Lipinski definition) is 5. The van der Waals surface area contributed by atoms with Crippen LogP contribution < -0.4 is 10.6 Å². The lowest BCUT2D eigenvalue weighted by Gasteiger charge is -2.37. The summed E-state index contributed by atoms with van der Waals surface area (Å²) in [6, 6.07) is 5.59. The first kappa shape index (κ1) is 15.9.